The summed E-state index contributed by atoms with van der Waals surface area (Å²) in [6.07, 6.45) is 0.909. The van der Waals surface area contributed by atoms with E-state index in [1.807, 2.05) is 23.9 Å². The molecule has 1 saturated heterocycles. The van der Waals surface area contributed by atoms with Gasteiger partial charge in [0.05, 0.1) is 12.6 Å². The lowest BCUT2D eigenvalue weighted by atomic mass is 10.1. The van der Waals surface area contributed by atoms with Crippen molar-refractivity contribution in [1.29, 1.82) is 0 Å². The topological polar surface area (TPSA) is 70.2 Å². The van der Waals surface area contributed by atoms with E-state index < -0.39 is 10.0 Å². The predicted molar refractivity (Wildman–Crippen MR) is 94.0 cm³/mol. The Bertz CT molecular complexity index is 750. The first-order chi connectivity index (χ1) is 11.8. The van der Waals surface area contributed by atoms with Crippen LogP contribution in [-0.4, -0.2) is 81.4 Å². The Balaban J connectivity index is 1.87. The summed E-state index contributed by atoms with van der Waals surface area (Å²) in [7, 11) is 1.73. The van der Waals surface area contributed by atoms with Crippen LogP contribution in [0.25, 0.3) is 0 Å². The second-order valence-corrected chi connectivity index (χ2v) is 8.85. The summed E-state index contributed by atoms with van der Waals surface area (Å²) in [6, 6.07) is 6.48. The molecule has 2 aliphatic heterocycles. The first kappa shape index (κ1) is 18.2. The third kappa shape index (κ3) is 3.51. The minimum Gasteiger partial charge on any atom is -0.487 e. The van der Waals surface area contributed by atoms with Gasteiger partial charge < -0.3 is 14.5 Å². The van der Waals surface area contributed by atoms with Gasteiger partial charge in [-0.3, -0.25) is 4.79 Å². The Morgan fingerprint density at radius 1 is 1.24 bits per heavy atom. The molecule has 0 spiro atoms. The highest BCUT2D eigenvalue weighted by Gasteiger charge is 2.41. The number of nitrogens with zero attached hydrogens (tertiary/aromatic N) is 3. The van der Waals surface area contributed by atoms with Crippen LogP contribution in [0, 0.1) is 0 Å². The number of rotatable bonds is 2. The number of likely N-dealkylation sites (N-methyl/N-ethyl adjacent to an activating group) is 2. The quantitative estimate of drug-likeness (QED) is 0.766. The number of benzene rings is 1. The Hall–Kier alpha value is -1.64. The van der Waals surface area contributed by atoms with Gasteiger partial charge in [-0.15, -0.1) is 0 Å². The van der Waals surface area contributed by atoms with Crippen LogP contribution in [0.3, 0.4) is 0 Å². The second-order valence-electron chi connectivity index (χ2n) is 6.89. The molecule has 0 saturated carbocycles. The molecule has 0 unspecified atom stereocenters. The number of carbonyl (C=O) groups excluding carboxylic acids is 1. The van der Waals surface area contributed by atoms with Crippen LogP contribution < -0.4 is 4.74 Å². The molecule has 25 heavy (non-hydrogen) atoms. The number of carbonyl (C=O) groups is 1. The van der Waals surface area contributed by atoms with Gasteiger partial charge in [0, 0.05) is 26.6 Å². The molecule has 0 aliphatic carbocycles. The van der Waals surface area contributed by atoms with Crippen molar-refractivity contribution in [3.05, 3.63) is 24.3 Å². The van der Waals surface area contributed by atoms with E-state index in [0.717, 1.165) is 0 Å². The van der Waals surface area contributed by atoms with Gasteiger partial charge in [-0.25, -0.2) is 8.42 Å². The van der Waals surface area contributed by atoms with E-state index >= 15 is 0 Å². The number of hydrogen-bond donors (Lipinski definition) is 0. The van der Waals surface area contributed by atoms with Gasteiger partial charge in [0.2, 0.25) is 15.9 Å². The van der Waals surface area contributed by atoms with Crippen molar-refractivity contribution in [2.75, 3.05) is 40.8 Å². The Morgan fingerprint density at radius 3 is 2.64 bits per heavy atom. The summed E-state index contributed by atoms with van der Waals surface area (Å²) < 4.78 is 33.3. The zero-order valence-electron chi connectivity index (χ0n) is 14.9. The normalized spacial score (nSPS) is 26.2. The fourth-order valence-corrected chi connectivity index (χ4v) is 5.02. The van der Waals surface area contributed by atoms with E-state index in [1.165, 1.54) is 4.31 Å². The number of likely N-dealkylation sites (tertiary alicyclic amines) is 1. The van der Waals surface area contributed by atoms with Crippen LogP contribution in [0.5, 0.6) is 5.75 Å². The number of sulfonamides is 1. The number of para-hydroxylation sites is 1. The highest BCUT2D eigenvalue weighted by atomic mass is 32.2. The van der Waals surface area contributed by atoms with Crippen LogP contribution >= 0.6 is 0 Å². The highest BCUT2D eigenvalue weighted by Crippen LogP contribution is 2.35. The molecule has 3 rings (SSSR count). The van der Waals surface area contributed by atoms with E-state index in [2.05, 4.69) is 0 Å². The zero-order chi connectivity index (χ0) is 18.2. The maximum atomic E-state index is 12.9. The molecule has 1 amide bonds. The van der Waals surface area contributed by atoms with Gasteiger partial charge in [0.25, 0.3) is 0 Å². The molecule has 0 aromatic heterocycles. The van der Waals surface area contributed by atoms with Crippen molar-refractivity contribution >= 4 is 15.9 Å². The lowest BCUT2D eigenvalue weighted by Gasteiger charge is -2.28. The van der Waals surface area contributed by atoms with Gasteiger partial charge in [-0.1, -0.05) is 12.1 Å². The summed E-state index contributed by atoms with van der Waals surface area (Å²) in [6.45, 7) is 1.46. The fraction of sp³-hybridized carbons (Fsp3) is 0.588. The van der Waals surface area contributed by atoms with E-state index in [9.17, 15) is 13.2 Å². The molecule has 138 valence electrons. The minimum atomic E-state index is -3.60. The van der Waals surface area contributed by atoms with E-state index in [1.54, 1.807) is 31.3 Å². The van der Waals surface area contributed by atoms with Crippen LogP contribution in [-0.2, 0) is 14.8 Å². The largest absolute Gasteiger partial charge is 0.487 e. The molecule has 2 heterocycles. The van der Waals surface area contributed by atoms with Gasteiger partial charge in [0.1, 0.15) is 16.7 Å². The van der Waals surface area contributed by atoms with Gasteiger partial charge in [-0.2, -0.15) is 4.31 Å². The van der Waals surface area contributed by atoms with Crippen LogP contribution in [0.15, 0.2) is 29.2 Å². The van der Waals surface area contributed by atoms with Crippen LogP contribution in [0.1, 0.15) is 12.8 Å². The van der Waals surface area contributed by atoms with E-state index in [4.69, 9.17) is 4.74 Å². The Labute approximate surface area is 149 Å². The van der Waals surface area contributed by atoms with Gasteiger partial charge in [-0.05, 0) is 32.6 Å². The molecular formula is C17H25N3O4S. The van der Waals surface area contributed by atoms with Crippen molar-refractivity contribution in [2.45, 2.75) is 29.9 Å². The SMILES string of the molecule is CN(C)CC(=O)N1CC[C@@H]2Oc3ccccc3S(=O)(=O)N(C)[C@H]2CC1. The van der Waals surface area contributed by atoms with Crippen molar-refractivity contribution in [3.63, 3.8) is 0 Å². The van der Waals surface area contributed by atoms with Crippen molar-refractivity contribution < 1.29 is 17.9 Å². The molecule has 7 nitrogen and oxygen atoms in total. The summed E-state index contributed by atoms with van der Waals surface area (Å²) in [4.78, 5) is 16.2. The Kier molecular flexibility index (Phi) is 5.04. The van der Waals surface area contributed by atoms with E-state index in [-0.39, 0.29) is 22.9 Å². The average Bonchev–Trinajstić information content (AvgIpc) is 2.79. The van der Waals surface area contributed by atoms with E-state index in [0.29, 0.717) is 38.2 Å². The van der Waals surface area contributed by atoms with Gasteiger partial charge in [0.15, 0.2) is 0 Å². The van der Waals surface area contributed by atoms with Crippen molar-refractivity contribution in [3.8, 4) is 5.75 Å². The predicted octanol–water partition coefficient (Wildman–Crippen LogP) is 0.621. The molecule has 0 N–H and O–H groups in total. The third-order valence-electron chi connectivity index (χ3n) is 4.86. The fourth-order valence-electron chi connectivity index (χ4n) is 3.49. The van der Waals surface area contributed by atoms with Crippen molar-refractivity contribution in [2.24, 2.45) is 0 Å². The minimum absolute atomic E-state index is 0.0624. The molecule has 0 bridgehead atoms. The number of ether oxygens (including phenoxy) is 1. The highest BCUT2D eigenvalue weighted by molar-refractivity contribution is 7.89. The lowest BCUT2D eigenvalue weighted by Crippen LogP contribution is -2.44. The second kappa shape index (κ2) is 6.93. The van der Waals surface area contributed by atoms with Gasteiger partial charge >= 0.3 is 0 Å². The third-order valence-corrected chi connectivity index (χ3v) is 6.79. The summed E-state index contributed by atoms with van der Waals surface area (Å²) in [5.41, 5.74) is 0. The first-order valence-electron chi connectivity index (χ1n) is 8.47. The number of amides is 1. The lowest BCUT2D eigenvalue weighted by molar-refractivity contribution is -0.131. The first-order valence-corrected chi connectivity index (χ1v) is 9.91. The van der Waals surface area contributed by atoms with Crippen LogP contribution in [0.4, 0.5) is 0 Å². The smallest absolute Gasteiger partial charge is 0.246 e. The number of hydrogen-bond acceptors (Lipinski definition) is 5. The Morgan fingerprint density at radius 2 is 1.92 bits per heavy atom. The molecule has 2 aliphatic rings. The molecule has 1 aromatic carbocycles. The van der Waals surface area contributed by atoms with Crippen LogP contribution in [0.2, 0.25) is 0 Å². The molecular weight excluding hydrogens is 342 g/mol. The summed E-state index contributed by atoms with van der Waals surface area (Å²) >= 11 is 0. The number of fused-ring (bicyclic) bond motifs is 2. The average molecular weight is 367 g/mol. The standard InChI is InChI=1S/C17H25N3O4S/c1-18(2)12-17(21)20-10-8-13-14(9-11-20)24-15-6-4-5-7-16(15)25(22,23)19(13)3/h4-7,13-14H,8-12H2,1-3H3/t13-,14-/m0/s1. The molecule has 2 atom stereocenters. The zero-order valence-corrected chi connectivity index (χ0v) is 15.7. The summed E-state index contributed by atoms with van der Waals surface area (Å²) in [5.74, 6) is 0.460. The van der Waals surface area contributed by atoms with Crippen molar-refractivity contribution in [1.82, 2.24) is 14.1 Å². The molecule has 0 radical (unpaired) electrons. The molecule has 1 aromatic rings. The maximum Gasteiger partial charge on any atom is 0.246 e. The molecule has 8 heteroatoms. The maximum absolute atomic E-state index is 12.9. The monoisotopic (exact) mass is 367 g/mol. The molecule has 1 fully saturated rings. The summed E-state index contributed by atoms with van der Waals surface area (Å²) in [5, 5.41) is 0.